The number of benzene rings is 4. The second kappa shape index (κ2) is 6.58. The van der Waals surface area contributed by atoms with Crippen LogP contribution in [-0.4, -0.2) is 0 Å². The largest absolute Gasteiger partial charge is 0.399 e. The number of hydrogen-bond donors (Lipinski definition) is 2. The highest BCUT2D eigenvalue weighted by Crippen LogP contribution is 2.45. The van der Waals surface area contributed by atoms with E-state index in [0.29, 0.717) is 0 Å². The zero-order valence-electron chi connectivity index (χ0n) is 15.6. The molecule has 2 nitrogen and oxygen atoms in total. The number of nitrogen functional groups attached to an aromatic ring is 2. The molecule has 1 atom stereocenters. The van der Waals surface area contributed by atoms with Crippen molar-refractivity contribution >= 4 is 11.4 Å². The molecule has 0 fully saturated rings. The minimum atomic E-state index is 0.189. The number of rotatable bonds is 2. The van der Waals surface area contributed by atoms with Gasteiger partial charge in [0, 0.05) is 17.3 Å². The van der Waals surface area contributed by atoms with E-state index >= 15 is 0 Å². The normalized spacial score (nSPS) is 14.9. The summed E-state index contributed by atoms with van der Waals surface area (Å²) in [7, 11) is 0. The summed E-state index contributed by atoms with van der Waals surface area (Å²) in [5.41, 5.74) is 22.8. The van der Waals surface area contributed by atoms with Gasteiger partial charge in [0.2, 0.25) is 0 Å². The Morgan fingerprint density at radius 3 is 2.00 bits per heavy atom. The van der Waals surface area contributed by atoms with Crippen LogP contribution >= 0.6 is 0 Å². The maximum absolute atomic E-state index is 5.97. The van der Waals surface area contributed by atoms with Gasteiger partial charge in [0.25, 0.3) is 0 Å². The third-order valence-electron chi connectivity index (χ3n) is 5.72. The van der Waals surface area contributed by atoms with Gasteiger partial charge in [-0.2, -0.15) is 0 Å². The maximum Gasteiger partial charge on any atom is 0.0351 e. The van der Waals surface area contributed by atoms with Gasteiger partial charge in [-0.05, 0) is 69.6 Å². The molecular weight excluding hydrogens is 340 g/mol. The quantitative estimate of drug-likeness (QED) is 0.401. The fraction of sp³-hybridized carbons (Fsp3) is 0.0769. The van der Waals surface area contributed by atoms with Crippen molar-refractivity contribution in [3.05, 3.63) is 119 Å². The first-order valence-electron chi connectivity index (χ1n) is 9.61. The van der Waals surface area contributed by atoms with E-state index in [0.717, 1.165) is 17.8 Å². The summed E-state index contributed by atoms with van der Waals surface area (Å²) >= 11 is 0. The van der Waals surface area contributed by atoms with Gasteiger partial charge in [0.05, 0.1) is 0 Å². The Kier molecular flexibility index (Phi) is 3.91. The van der Waals surface area contributed by atoms with E-state index in [1.807, 2.05) is 24.3 Å². The zero-order chi connectivity index (χ0) is 19.1. The van der Waals surface area contributed by atoms with Crippen LogP contribution in [0.25, 0.3) is 11.1 Å². The molecule has 0 aliphatic heterocycles. The van der Waals surface area contributed by atoms with E-state index in [4.69, 9.17) is 11.5 Å². The van der Waals surface area contributed by atoms with Crippen LogP contribution in [-0.2, 0) is 6.42 Å². The molecule has 0 radical (unpaired) electrons. The molecule has 28 heavy (non-hydrogen) atoms. The summed E-state index contributed by atoms with van der Waals surface area (Å²) in [6.07, 6.45) is 0.958. The molecule has 1 aliphatic rings. The van der Waals surface area contributed by atoms with Gasteiger partial charge in [0.15, 0.2) is 0 Å². The number of anilines is 2. The topological polar surface area (TPSA) is 52.0 Å². The molecule has 0 heterocycles. The average molecular weight is 362 g/mol. The van der Waals surface area contributed by atoms with Crippen molar-refractivity contribution < 1.29 is 0 Å². The molecule has 4 N–H and O–H groups in total. The second-order valence-corrected chi connectivity index (χ2v) is 7.48. The third-order valence-corrected chi connectivity index (χ3v) is 5.72. The van der Waals surface area contributed by atoms with E-state index in [2.05, 4.69) is 66.7 Å². The Balaban J connectivity index is 1.77. The second-order valence-electron chi connectivity index (χ2n) is 7.48. The lowest BCUT2D eigenvalue weighted by molar-refractivity contribution is 0.888. The summed E-state index contributed by atoms with van der Waals surface area (Å²) in [6.45, 7) is 0. The van der Waals surface area contributed by atoms with Crippen LogP contribution in [0.5, 0.6) is 0 Å². The molecule has 0 saturated heterocycles. The van der Waals surface area contributed by atoms with Gasteiger partial charge in [-0.25, -0.2) is 0 Å². The first kappa shape index (κ1) is 16.6. The molecule has 0 aromatic heterocycles. The Bertz CT molecular complexity index is 1140. The smallest absolute Gasteiger partial charge is 0.0351 e. The van der Waals surface area contributed by atoms with Crippen molar-refractivity contribution in [3.63, 3.8) is 0 Å². The van der Waals surface area contributed by atoms with Crippen molar-refractivity contribution in [2.75, 3.05) is 11.5 Å². The molecule has 4 aromatic carbocycles. The summed E-state index contributed by atoms with van der Waals surface area (Å²) < 4.78 is 0. The van der Waals surface area contributed by atoms with Crippen LogP contribution in [0, 0.1) is 0 Å². The van der Waals surface area contributed by atoms with Crippen LogP contribution < -0.4 is 11.5 Å². The van der Waals surface area contributed by atoms with Crippen LogP contribution in [0.3, 0.4) is 0 Å². The summed E-state index contributed by atoms with van der Waals surface area (Å²) in [5, 5.41) is 0. The SMILES string of the molecule is Nc1ccc(-c2cccc3c2C(c2ccc(N)cc2)c2ccccc2C3)cc1. The van der Waals surface area contributed by atoms with Crippen LogP contribution in [0.15, 0.2) is 91.0 Å². The molecule has 2 heteroatoms. The average Bonchev–Trinajstić information content (AvgIpc) is 2.73. The molecule has 136 valence electrons. The van der Waals surface area contributed by atoms with Gasteiger partial charge in [-0.3, -0.25) is 0 Å². The lowest BCUT2D eigenvalue weighted by Crippen LogP contribution is -2.16. The third kappa shape index (κ3) is 2.74. The van der Waals surface area contributed by atoms with Gasteiger partial charge in [0.1, 0.15) is 0 Å². The van der Waals surface area contributed by atoms with Gasteiger partial charge >= 0.3 is 0 Å². The maximum atomic E-state index is 5.97. The molecular formula is C26H22N2. The molecule has 5 rings (SSSR count). The summed E-state index contributed by atoms with van der Waals surface area (Å²) in [4.78, 5) is 0. The molecule has 1 unspecified atom stereocenters. The van der Waals surface area contributed by atoms with E-state index in [-0.39, 0.29) is 5.92 Å². The molecule has 0 amide bonds. The minimum absolute atomic E-state index is 0.189. The predicted octanol–water partition coefficient (Wildman–Crippen LogP) is 5.60. The Morgan fingerprint density at radius 1 is 0.607 bits per heavy atom. The Hall–Kier alpha value is -3.52. The van der Waals surface area contributed by atoms with E-state index < -0.39 is 0 Å². The molecule has 0 saturated carbocycles. The monoisotopic (exact) mass is 362 g/mol. The number of fused-ring (bicyclic) bond motifs is 2. The standard InChI is InChI=1S/C26H22N2/c27-21-12-8-17(9-13-21)23-7-3-5-20-16-19-4-1-2-6-24(19)25(26(20)23)18-10-14-22(28)15-11-18/h1-15,25H,16,27-28H2. The molecule has 1 aliphatic carbocycles. The van der Waals surface area contributed by atoms with Crippen LogP contribution in [0.2, 0.25) is 0 Å². The number of nitrogens with two attached hydrogens (primary N) is 2. The Labute approximate surface area is 165 Å². The fourth-order valence-electron chi connectivity index (χ4n) is 4.39. The summed E-state index contributed by atoms with van der Waals surface area (Å²) in [6, 6.07) is 31.9. The lowest BCUT2D eigenvalue weighted by Gasteiger charge is -2.31. The van der Waals surface area contributed by atoms with E-state index in [1.54, 1.807) is 0 Å². The van der Waals surface area contributed by atoms with Crippen LogP contribution in [0.4, 0.5) is 11.4 Å². The van der Waals surface area contributed by atoms with Gasteiger partial charge in [-0.15, -0.1) is 0 Å². The number of hydrogen-bond acceptors (Lipinski definition) is 2. The van der Waals surface area contributed by atoms with Gasteiger partial charge < -0.3 is 11.5 Å². The first-order chi connectivity index (χ1) is 13.7. The summed E-state index contributed by atoms with van der Waals surface area (Å²) in [5.74, 6) is 0.189. The molecule has 4 aromatic rings. The molecule has 0 bridgehead atoms. The van der Waals surface area contributed by atoms with E-state index in [1.165, 1.54) is 38.9 Å². The van der Waals surface area contributed by atoms with Crippen molar-refractivity contribution in [2.24, 2.45) is 0 Å². The Morgan fingerprint density at radius 2 is 1.25 bits per heavy atom. The van der Waals surface area contributed by atoms with Crippen molar-refractivity contribution in [1.29, 1.82) is 0 Å². The highest BCUT2D eigenvalue weighted by Gasteiger charge is 2.29. The highest BCUT2D eigenvalue weighted by atomic mass is 14.5. The minimum Gasteiger partial charge on any atom is -0.399 e. The van der Waals surface area contributed by atoms with Gasteiger partial charge in [-0.1, -0.05) is 66.7 Å². The predicted molar refractivity (Wildman–Crippen MR) is 117 cm³/mol. The fourth-order valence-corrected chi connectivity index (χ4v) is 4.39. The van der Waals surface area contributed by atoms with Crippen LogP contribution in [0.1, 0.15) is 33.7 Å². The molecule has 0 spiro atoms. The van der Waals surface area contributed by atoms with Crippen molar-refractivity contribution in [3.8, 4) is 11.1 Å². The van der Waals surface area contributed by atoms with Crippen molar-refractivity contribution in [2.45, 2.75) is 12.3 Å². The van der Waals surface area contributed by atoms with Crippen molar-refractivity contribution in [1.82, 2.24) is 0 Å². The highest BCUT2D eigenvalue weighted by molar-refractivity contribution is 5.74. The van der Waals surface area contributed by atoms with E-state index in [9.17, 15) is 0 Å². The first-order valence-corrected chi connectivity index (χ1v) is 9.61. The lowest BCUT2D eigenvalue weighted by atomic mass is 9.72. The zero-order valence-corrected chi connectivity index (χ0v) is 15.6.